The number of hydrogen-bond acceptors (Lipinski definition) is 9. The largest absolute Gasteiger partial charge is 0.496 e. The van der Waals surface area contributed by atoms with E-state index in [1.54, 1.807) is 13.2 Å². The number of halogens is 1. The number of carbonyl (C=O) groups excluding carboxylic acids is 3. The molecular formula is C52H61FN4O7. The zero-order valence-corrected chi connectivity index (χ0v) is 37.1. The average Bonchev–Trinajstić information content (AvgIpc) is 4.01. The van der Waals surface area contributed by atoms with Gasteiger partial charge in [-0.1, -0.05) is 54.6 Å². The van der Waals surface area contributed by atoms with Crippen LogP contribution in [0.2, 0.25) is 0 Å². The van der Waals surface area contributed by atoms with E-state index in [-0.39, 0.29) is 46.4 Å². The van der Waals surface area contributed by atoms with Crippen LogP contribution in [0.1, 0.15) is 113 Å². The number of ether oxygens (including phenoxy) is 3. The first-order valence-corrected chi connectivity index (χ1v) is 23.2. The fourth-order valence-corrected chi connectivity index (χ4v) is 11.7. The summed E-state index contributed by atoms with van der Waals surface area (Å²) in [6, 6.07) is 27.3. The molecule has 12 heteroatoms. The smallest absolute Gasteiger partial charge is 0.252 e. The fraction of sp³-hybridized carbons (Fsp3) is 0.481. The van der Waals surface area contributed by atoms with Crippen molar-refractivity contribution in [2.75, 3.05) is 65.1 Å². The summed E-state index contributed by atoms with van der Waals surface area (Å²) in [5, 5.41) is 12.2. The summed E-state index contributed by atoms with van der Waals surface area (Å²) in [4.78, 5) is 37.7. The van der Waals surface area contributed by atoms with Crippen LogP contribution in [-0.2, 0) is 32.7 Å². The Morgan fingerprint density at radius 3 is 2.30 bits per heavy atom. The number of imide groups is 1. The van der Waals surface area contributed by atoms with Gasteiger partial charge in [-0.3, -0.25) is 19.7 Å². The van der Waals surface area contributed by atoms with Crippen molar-refractivity contribution in [3.8, 4) is 11.5 Å². The number of anilines is 1. The SMILES string of the molecule is CO.COc1cc(N2CCC3(CC2)CC(CN2CCC4(CC2)COc2cc5c(cc24)CNC5=O)CO3)c(F)cc1C1c2ccccc2CCC1c1ccccc1.O=C1CCCC(=O)N1. The van der Waals surface area contributed by atoms with Crippen molar-refractivity contribution < 1.29 is 38.1 Å². The molecule has 3 amide bonds. The second kappa shape index (κ2) is 18.7. The van der Waals surface area contributed by atoms with Crippen molar-refractivity contribution in [3.05, 3.63) is 124 Å². The minimum atomic E-state index is -0.172. The molecule has 4 fully saturated rings. The molecule has 0 aromatic heterocycles. The number of carbonyl (C=O) groups is 3. The molecule has 2 spiro atoms. The van der Waals surface area contributed by atoms with Crippen LogP contribution >= 0.6 is 0 Å². The molecule has 0 bridgehead atoms. The molecule has 4 saturated heterocycles. The molecule has 6 heterocycles. The minimum Gasteiger partial charge on any atom is -0.496 e. The Bertz CT molecular complexity index is 2340. The lowest BCUT2D eigenvalue weighted by molar-refractivity contribution is -0.132. The summed E-state index contributed by atoms with van der Waals surface area (Å²) in [6.45, 7) is 6.80. The number of piperidine rings is 3. The van der Waals surface area contributed by atoms with Gasteiger partial charge in [-0.05, 0) is 117 Å². The van der Waals surface area contributed by atoms with E-state index in [4.69, 9.17) is 19.3 Å². The molecule has 3 N–H and O–H groups in total. The van der Waals surface area contributed by atoms with Crippen molar-refractivity contribution in [1.82, 2.24) is 15.5 Å². The summed E-state index contributed by atoms with van der Waals surface area (Å²) < 4.78 is 35.3. The second-order valence-corrected chi connectivity index (χ2v) is 18.7. The van der Waals surface area contributed by atoms with E-state index in [1.807, 2.05) is 12.1 Å². The normalized spacial score (nSPS) is 24.0. The van der Waals surface area contributed by atoms with E-state index in [0.29, 0.717) is 44.0 Å². The number of nitrogens with one attached hydrogen (secondary N) is 2. The number of rotatable bonds is 6. The van der Waals surface area contributed by atoms with Gasteiger partial charge in [0.15, 0.2) is 0 Å². The Labute approximate surface area is 375 Å². The maximum Gasteiger partial charge on any atom is 0.252 e. The second-order valence-electron chi connectivity index (χ2n) is 18.7. The third-order valence-electron chi connectivity index (χ3n) is 15.1. The molecule has 64 heavy (non-hydrogen) atoms. The van der Waals surface area contributed by atoms with Gasteiger partial charge in [-0.15, -0.1) is 0 Å². The van der Waals surface area contributed by atoms with Gasteiger partial charge in [0.25, 0.3) is 5.91 Å². The molecule has 3 atom stereocenters. The van der Waals surface area contributed by atoms with Gasteiger partial charge in [0.1, 0.15) is 17.3 Å². The first kappa shape index (κ1) is 43.9. The third-order valence-corrected chi connectivity index (χ3v) is 15.1. The minimum absolute atomic E-state index is 0.00882. The maximum absolute atomic E-state index is 16.4. The summed E-state index contributed by atoms with van der Waals surface area (Å²) in [7, 11) is 2.72. The average molecular weight is 873 g/mol. The number of nitrogens with zero attached hydrogens (tertiary/aromatic N) is 2. The Morgan fingerprint density at radius 2 is 1.58 bits per heavy atom. The van der Waals surface area contributed by atoms with Crippen molar-refractivity contribution in [2.45, 2.75) is 93.6 Å². The van der Waals surface area contributed by atoms with Crippen LogP contribution in [-0.4, -0.2) is 93.5 Å². The number of aryl methyl sites for hydroxylation is 1. The molecule has 11 rings (SSSR count). The van der Waals surface area contributed by atoms with Gasteiger partial charge in [-0.25, -0.2) is 4.39 Å². The van der Waals surface area contributed by atoms with Gasteiger partial charge < -0.3 is 34.4 Å². The Balaban J connectivity index is 0.000000465. The maximum atomic E-state index is 16.4. The highest BCUT2D eigenvalue weighted by atomic mass is 19.1. The molecule has 11 nitrogen and oxygen atoms in total. The molecule has 3 unspecified atom stereocenters. The van der Waals surface area contributed by atoms with Crippen molar-refractivity contribution in [2.24, 2.45) is 5.92 Å². The van der Waals surface area contributed by atoms with E-state index >= 15 is 4.39 Å². The molecule has 6 aliphatic heterocycles. The quantitative estimate of drug-likeness (QED) is 0.173. The highest BCUT2D eigenvalue weighted by Crippen LogP contribution is 2.51. The first-order chi connectivity index (χ1) is 31.2. The number of aliphatic hydroxyl groups excluding tert-OH is 1. The fourth-order valence-electron chi connectivity index (χ4n) is 11.7. The molecule has 7 aliphatic rings. The van der Waals surface area contributed by atoms with Crippen LogP contribution in [0, 0.1) is 11.7 Å². The zero-order valence-electron chi connectivity index (χ0n) is 37.1. The van der Waals surface area contributed by atoms with Crippen LogP contribution in [0.25, 0.3) is 0 Å². The Morgan fingerprint density at radius 1 is 0.844 bits per heavy atom. The summed E-state index contributed by atoms with van der Waals surface area (Å²) >= 11 is 0. The topological polar surface area (TPSA) is 130 Å². The highest BCUT2D eigenvalue weighted by molar-refractivity contribution is 5.99. The summed E-state index contributed by atoms with van der Waals surface area (Å²) in [5.41, 5.74) is 8.56. The van der Waals surface area contributed by atoms with E-state index in [2.05, 4.69) is 81.1 Å². The lowest BCUT2D eigenvalue weighted by atomic mass is 9.69. The van der Waals surface area contributed by atoms with E-state index < -0.39 is 0 Å². The van der Waals surface area contributed by atoms with Crippen LogP contribution in [0.15, 0.2) is 78.9 Å². The number of methoxy groups -OCH3 is 1. The lowest BCUT2D eigenvalue weighted by Crippen LogP contribution is -2.46. The number of fused-ring (bicyclic) bond motifs is 4. The third kappa shape index (κ3) is 8.64. The van der Waals surface area contributed by atoms with Crippen molar-refractivity contribution in [3.63, 3.8) is 0 Å². The van der Waals surface area contributed by atoms with Gasteiger partial charge in [0.05, 0.1) is 31.6 Å². The van der Waals surface area contributed by atoms with E-state index in [9.17, 15) is 14.4 Å². The monoisotopic (exact) mass is 872 g/mol. The van der Waals surface area contributed by atoms with Crippen LogP contribution in [0.4, 0.5) is 10.1 Å². The highest BCUT2D eigenvalue weighted by Gasteiger charge is 2.47. The Hall–Kier alpha value is -5.30. The van der Waals surface area contributed by atoms with Crippen molar-refractivity contribution in [1.29, 1.82) is 0 Å². The standard InChI is InChI=1S/C46H50FN3O4.C5H7NO2.CH4O/c1-52-41-24-40(39(47)22-37(41)43-34-10-6-5-9-32(34)11-12-35(43)31-7-3-2-4-8-31)50-19-15-46(16-20-50)25-30(28-54-46)27-49-17-13-45(14-18-49)29-53-42-23-36-33(21-38(42)45)26-48-44(36)51;7-4-2-1-3-5(8)6-4;1-2/h2-10,21-24,30,35,43H,11-20,25-29H2,1H3,(H,48,51);1-3H2,(H,6,7,8);2H,1H3. The number of aliphatic hydroxyl groups is 1. The summed E-state index contributed by atoms with van der Waals surface area (Å²) in [6.07, 6.45) is 8.76. The Kier molecular flexibility index (Phi) is 12.8. The molecular weight excluding hydrogens is 812 g/mol. The molecule has 338 valence electrons. The van der Waals surface area contributed by atoms with E-state index in [0.717, 1.165) is 120 Å². The molecule has 4 aromatic rings. The first-order valence-electron chi connectivity index (χ1n) is 23.2. The molecule has 0 saturated carbocycles. The van der Waals surface area contributed by atoms with Gasteiger partial charge in [0, 0.05) is 80.2 Å². The van der Waals surface area contributed by atoms with Crippen LogP contribution in [0.5, 0.6) is 11.5 Å². The van der Waals surface area contributed by atoms with Gasteiger partial charge in [0.2, 0.25) is 11.8 Å². The zero-order chi connectivity index (χ0) is 44.4. The molecule has 0 radical (unpaired) electrons. The molecule has 4 aromatic carbocycles. The summed E-state index contributed by atoms with van der Waals surface area (Å²) in [5.74, 6) is 1.99. The predicted molar refractivity (Wildman–Crippen MR) is 243 cm³/mol. The van der Waals surface area contributed by atoms with Crippen LogP contribution in [0.3, 0.4) is 0 Å². The molecule has 1 aliphatic carbocycles. The van der Waals surface area contributed by atoms with Crippen molar-refractivity contribution >= 4 is 23.4 Å². The number of hydrogen-bond donors (Lipinski definition) is 3. The predicted octanol–water partition coefficient (Wildman–Crippen LogP) is 7.16. The van der Waals surface area contributed by atoms with Gasteiger partial charge >= 0.3 is 0 Å². The number of likely N-dealkylation sites (tertiary alicyclic amines) is 1. The van der Waals surface area contributed by atoms with E-state index in [1.165, 1.54) is 22.3 Å². The lowest BCUT2D eigenvalue weighted by Gasteiger charge is -2.41. The van der Waals surface area contributed by atoms with Crippen LogP contribution < -0.4 is 25.0 Å². The van der Waals surface area contributed by atoms with Gasteiger partial charge in [-0.2, -0.15) is 0 Å². The number of amides is 3. The number of benzene rings is 4.